The third-order valence-corrected chi connectivity index (χ3v) is 5.21. The number of aromatic amines is 1. The Balaban J connectivity index is 1.51. The smallest absolute Gasteiger partial charge is 0.268 e. The first-order valence-corrected chi connectivity index (χ1v) is 8.80. The van der Waals surface area contributed by atoms with Crippen molar-refractivity contribution in [3.05, 3.63) is 46.2 Å². The number of rotatable bonds is 2. The van der Waals surface area contributed by atoms with Crippen LogP contribution in [-0.4, -0.2) is 42.4 Å². The number of nitrogens with one attached hydrogen (secondary N) is 2. The Morgan fingerprint density at radius 2 is 2.00 bits per heavy atom. The monoisotopic (exact) mass is 342 g/mol. The average Bonchev–Trinajstić information content (AvgIpc) is 2.62. The maximum atomic E-state index is 12.6. The lowest BCUT2D eigenvalue weighted by atomic mass is 9.84. The number of aromatic nitrogens is 1. The molecule has 132 valence electrons. The lowest BCUT2D eigenvalue weighted by molar-refractivity contribution is -0.139. The SMILES string of the molecule is O=C(N[C@H]1CCOC2(CCOCC2)C1)c1cc(=O)c2ccccc2[nH]1. The fourth-order valence-electron chi connectivity index (χ4n) is 3.83. The fraction of sp³-hybridized carbons (Fsp3) is 0.474. The van der Waals surface area contributed by atoms with E-state index in [9.17, 15) is 9.59 Å². The average molecular weight is 342 g/mol. The van der Waals surface area contributed by atoms with E-state index in [1.54, 1.807) is 12.1 Å². The van der Waals surface area contributed by atoms with E-state index >= 15 is 0 Å². The molecular weight excluding hydrogens is 320 g/mol. The molecule has 2 aliphatic rings. The second kappa shape index (κ2) is 6.61. The predicted octanol–water partition coefficient (Wildman–Crippen LogP) is 1.99. The first-order valence-electron chi connectivity index (χ1n) is 8.80. The fourth-order valence-corrected chi connectivity index (χ4v) is 3.83. The van der Waals surface area contributed by atoms with Crippen LogP contribution in [0, 0.1) is 0 Å². The van der Waals surface area contributed by atoms with Crippen molar-refractivity contribution in [3.63, 3.8) is 0 Å². The maximum absolute atomic E-state index is 12.6. The van der Waals surface area contributed by atoms with Gasteiger partial charge < -0.3 is 19.8 Å². The van der Waals surface area contributed by atoms with E-state index in [1.807, 2.05) is 12.1 Å². The topological polar surface area (TPSA) is 80.4 Å². The maximum Gasteiger partial charge on any atom is 0.268 e. The van der Waals surface area contributed by atoms with Crippen LogP contribution in [0.2, 0.25) is 0 Å². The van der Waals surface area contributed by atoms with Crippen LogP contribution in [0.15, 0.2) is 35.1 Å². The lowest BCUT2D eigenvalue weighted by Gasteiger charge is -2.43. The molecule has 0 unspecified atom stereocenters. The zero-order valence-corrected chi connectivity index (χ0v) is 14.0. The van der Waals surface area contributed by atoms with E-state index in [4.69, 9.17) is 9.47 Å². The van der Waals surface area contributed by atoms with Crippen molar-refractivity contribution in [2.45, 2.75) is 37.3 Å². The third kappa shape index (κ3) is 3.32. The summed E-state index contributed by atoms with van der Waals surface area (Å²) in [5.41, 5.74) is 0.655. The van der Waals surface area contributed by atoms with Crippen molar-refractivity contribution in [2.24, 2.45) is 0 Å². The number of amides is 1. The number of carbonyl (C=O) groups is 1. The Kier molecular flexibility index (Phi) is 4.31. The summed E-state index contributed by atoms with van der Waals surface area (Å²) in [6, 6.07) is 8.64. The number of pyridine rings is 1. The molecule has 1 atom stereocenters. The number of hydrogen-bond donors (Lipinski definition) is 2. The van der Waals surface area contributed by atoms with E-state index in [-0.39, 0.29) is 23.0 Å². The molecule has 2 aromatic rings. The van der Waals surface area contributed by atoms with Gasteiger partial charge in [-0.15, -0.1) is 0 Å². The number of ether oxygens (including phenoxy) is 2. The molecule has 0 saturated carbocycles. The molecule has 3 heterocycles. The van der Waals surface area contributed by atoms with Crippen LogP contribution in [0.1, 0.15) is 36.2 Å². The molecule has 6 heteroatoms. The highest BCUT2D eigenvalue weighted by Crippen LogP contribution is 2.34. The second-order valence-corrected chi connectivity index (χ2v) is 6.90. The van der Waals surface area contributed by atoms with Gasteiger partial charge in [0.15, 0.2) is 5.43 Å². The van der Waals surface area contributed by atoms with E-state index < -0.39 is 0 Å². The molecule has 4 rings (SSSR count). The molecule has 6 nitrogen and oxygen atoms in total. The van der Waals surface area contributed by atoms with Crippen molar-refractivity contribution in [1.82, 2.24) is 10.3 Å². The van der Waals surface area contributed by atoms with Crippen LogP contribution in [0.25, 0.3) is 10.9 Å². The summed E-state index contributed by atoms with van der Waals surface area (Å²) in [6.45, 7) is 2.05. The van der Waals surface area contributed by atoms with Crippen molar-refractivity contribution >= 4 is 16.8 Å². The standard InChI is InChI=1S/C19H22N2O4/c22-17-11-16(21-15-4-2-1-3-14(15)17)18(23)20-13-5-8-25-19(12-13)6-9-24-10-7-19/h1-4,11,13H,5-10,12H2,(H,20,23)(H,21,22)/t13-/m0/s1. The molecule has 0 aliphatic carbocycles. The number of fused-ring (bicyclic) bond motifs is 1. The molecule has 2 aliphatic heterocycles. The molecule has 1 aromatic heterocycles. The number of H-pyrrole nitrogens is 1. The molecule has 2 saturated heterocycles. The highest BCUT2D eigenvalue weighted by atomic mass is 16.5. The van der Waals surface area contributed by atoms with Crippen molar-refractivity contribution in [3.8, 4) is 0 Å². The lowest BCUT2D eigenvalue weighted by Crippen LogP contribution is -2.51. The van der Waals surface area contributed by atoms with Gasteiger partial charge >= 0.3 is 0 Å². The summed E-state index contributed by atoms with van der Waals surface area (Å²) in [5, 5.41) is 3.66. The quantitative estimate of drug-likeness (QED) is 0.875. The van der Waals surface area contributed by atoms with Gasteiger partial charge in [-0.2, -0.15) is 0 Å². The molecule has 25 heavy (non-hydrogen) atoms. The number of hydrogen-bond acceptors (Lipinski definition) is 4. The summed E-state index contributed by atoms with van der Waals surface area (Å²) in [7, 11) is 0. The normalized spacial score (nSPS) is 22.8. The largest absolute Gasteiger partial charge is 0.381 e. The first kappa shape index (κ1) is 16.3. The Hall–Kier alpha value is -2.18. The van der Waals surface area contributed by atoms with Crippen molar-refractivity contribution in [2.75, 3.05) is 19.8 Å². The van der Waals surface area contributed by atoms with Gasteiger partial charge in [0, 0.05) is 42.8 Å². The van der Waals surface area contributed by atoms with Gasteiger partial charge in [0.1, 0.15) is 5.69 Å². The van der Waals surface area contributed by atoms with Gasteiger partial charge in [0.25, 0.3) is 5.91 Å². The van der Waals surface area contributed by atoms with Gasteiger partial charge in [0.2, 0.25) is 0 Å². The van der Waals surface area contributed by atoms with Gasteiger partial charge in [-0.3, -0.25) is 9.59 Å². The highest BCUT2D eigenvalue weighted by Gasteiger charge is 2.39. The van der Waals surface area contributed by atoms with Gasteiger partial charge in [-0.25, -0.2) is 0 Å². The van der Waals surface area contributed by atoms with Crippen LogP contribution in [0.5, 0.6) is 0 Å². The second-order valence-electron chi connectivity index (χ2n) is 6.90. The highest BCUT2D eigenvalue weighted by molar-refractivity contribution is 5.95. The van der Waals surface area contributed by atoms with Gasteiger partial charge in [0.05, 0.1) is 5.60 Å². The van der Waals surface area contributed by atoms with Crippen molar-refractivity contribution < 1.29 is 14.3 Å². The van der Waals surface area contributed by atoms with Gasteiger partial charge in [-0.1, -0.05) is 12.1 Å². The predicted molar refractivity (Wildman–Crippen MR) is 93.8 cm³/mol. The molecule has 1 spiro atoms. The zero-order valence-electron chi connectivity index (χ0n) is 14.0. The molecule has 1 amide bonds. The molecule has 2 fully saturated rings. The van der Waals surface area contributed by atoms with Crippen LogP contribution >= 0.6 is 0 Å². The minimum atomic E-state index is -0.239. The van der Waals surface area contributed by atoms with E-state index in [0.717, 1.165) is 25.7 Å². The Morgan fingerprint density at radius 1 is 1.20 bits per heavy atom. The van der Waals surface area contributed by atoms with E-state index in [2.05, 4.69) is 10.3 Å². The zero-order chi connectivity index (χ0) is 17.3. The minimum absolute atomic E-state index is 0.0503. The van der Waals surface area contributed by atoms with E-state index in [1.165, 1.54) is 6.07 Å². The molecule has 0 radical (unpaired) electrons. The Bertz CT molecular complexity index is 833. The Morgan fingerprint density at radius 3 is 2.84 bits per heavy atom. The van der Waals surface area contributed by atoms with Gasteiger partial charge in [-0.05, 0) is 37.8 Å². The molecule has 0 bridgehead atoms. The summed E-state index contributed by atoms with van der Waals surface area (Å²) in [5.74, 6) is -0.239. The van der Waals surface area contributed by atoms with E-state index in [0.29, 0.717) is 36.4 Å². The third-order valence-electron chi connectivity index (χ3n) is 5.21. The van der Waals surface area contributed by atoms with Crippen LogP contribution in [-0.2, 0) is 9.47 Å². The molecule has 1 aromatic carbocycles. The first-order chi connectivity index (χ1) is 12.2. The number of carbonyl (C=O) groups excluding carboxylic acids is 1. The van der Waals surface area contributed by atoms with Crippen LogP contribution < -0.4 is 10.7 Å². The summed E-state index contributed by atoms with van der Waals surface area (Å²) in [4.78, 5) is 27.9. The van der Waals surface area contributed by atoms with Crippen molar-refractivity contribution in [1.29, 1.82) is 0 Å². The summed E-state index contributed by atoms with van der Waals surface area (Å²) < 4.78 is 11.4. The molecular formula is C19H22N2O4. The number of benzene rings is 1. The minimum Gasteiger partial charge on any atom is -0.381 e. The van der Waals surface area contributed by atoms with Crippen LogP contribution in [0.4, 0.5) is 0 Å². The molecule has 2 N–H and O–H groups in total. The Labute approximate surface area is 145 Å². The van der Waals surface area contributed by atoms with Crippen LogP contribution in [0.3, 0.4) is 0 Å². The number of para-hydroxylation sites is 1. The summed E-state index contributed by atoms with van der Waals surface area (Å²) in [6.07, 6.45) is 3.31. The summed E-state index contributed by atoms with van der Waals surface area (Å²) >= 11 is 0.